The first-order valence-corrected chi connectivity index (χ1v) is 6.59. The van der Waals surface area contributed by atoms with E-state index in [9.17, 15) is 4.79 Å². The van der Waals surface area contributed by atoms with Crippen molar-refractivity contribution in [1.29, 1.82) is 0 Å². The number of hydrogen-bond acceptors (Lipinski definition) is 3. The second kappa shape index (κ2) is 5.19. The molecule has 1 aromatic carbocycles. The summed E-state index contributed by atoms with van der Waals surface area (Å²) in [5.74, 6) is 0.813. The molecule has 1 fully saturated rings. The van der Waals surface area contributed by atoms with E-state index in [1.54, 1.807) is 17.0 Å². The maximum atomic E-state index is 12.0. The van der Waals surface area contributed by atoms with E-state index in [2.05, 4.69) is 9.89 Å². The van der Waals surface area contributed by atoms with Crippen molar-refractivity contribution in [1.82, 2.24) is 4.90 Å². The van der Waals surface area contributed by atoms with E-state index in [1.807, 2.05) is 12.1 Å². The topological polar surface area (TPSA) is 45.1 Å². The number of morpholine rings is 1. The summed E-state index contributed by atoms with van der Waals surface area (Å²) in [6.45, 7) is 3.44. The van der Waals surface area contributed by atoms with E-state index in [0.717, 1.165) is 24.6 Å². The molecule has 2 aliphatic rings. The molecule has 2 aliphatic heterocycles. The third kappa shape index (κ3) is 2.57. The minimum Gasteiger partial charge on any atom is -0.378 e. The minimum absolute atomic E-state index is 0.233. The van der Waals surface area contributed by atoms with Crippen molar-refractivity contribution < 1.29 is 9.53 Å². The molecular weight excluding hydrogens is 266 g/mol. The highest BCUT2D eigenvalue weighted by Crippen LogP contribution is 2.23. The van der Waals surface area contributed by atoms with Gasteiger partial charge in [-0.2, -0.15) is 4.99 Å². The number of ether oxygens (including phenoxy) is 1. The standard InChI is InChI=1S/C13H14ClN3O2/c14-10-2-1-3-11(8-10)17-9-12(15-13(17)18)16-4-6-19-7-5-16/h1-3,8H,4-7,9H2. The molecule has 1 aromatic rings. The molecule has 0 atom stereocenters. The van der Waals surface area contributed by atoms with Crippen LogP contribution in [0.5, 0.6) is 0 Å². The van der Waals surface area contributed by atoms with Gasteiger partial charge in [-0.3, -0.25) is 4.90 Å². The fourth-order valence-electron chi connectivity index (χ4n) is 2.25. The Kier molecular flexibility index (Phi) is 3.40. The number of benzene rings is 1. The number of urea groups is 1. The number of carbonyl (C=O) groups is 1. The van der Waals surface area contributed by atoms with Gasteiger partial charge in [-0.15, -0.1) is 0 Å². The van der Waals surface area contributed by atoms with Gasteiger partial charge < -0.3 is 9.64 Å². The van der Waals surface area contributed by atoms with Crippen LogP contribution in [0.3, 0.4) is 0 Å². The Morgan fingerprint density at radius 1 is 1.26 bits per heavy atom. The first-order valence-electron chi connectivity index (χ1n) is 6.21. The first-order chi connectivity index (χ1) is 9.24. The fourth-order valence-corrected chi connectivity index (χ4v) is 2.44. The Bertz CT molecular complexity index is 526. The highest BCUT2D eigenvalue weighted by Gasteiger charge is 2.28. The lowest BCUT2D eigenvalue weighted by Crippen LogP contribution is -2.43. The van der Waals surface area contributed by atoms with Crippen molar-refractivity contribution in [3.63, 3.8) is 0 Å². The third-order valence-electron chi connectivity index (χ3n) is 3.25. The van der Waals surface area contributed by atoms with Gasteiger partial charge in [-0.1, -0.05) is 17.7 Å². The van der Waals surface area contributed by atoms with Crippen LogP contribution in [0, 0.1) is 0 Å². The summed E-state index contributed by atoms with van der Waals surface area (Å²) >= 11 is 5.95. The zero-order chi connectivity index (χ0) is 13.2. The molecule has 0 bridgehead atoms. The molecule has 3 rings (SSSR count). The number of halogens is 1. The molecule has 2 heterocycles. The van der Waals surface area contributed by atoms with Crippen LogP contribution in [-0.4, -0.2) is 49.6 Å². The zero-order valence-electron chi connectivity index (χ0n) is 10.4. The first kappa shape index (κ1) is 12.4. The van der Waals surface area contributed by atoms with Crippen LogP contribution in [0.15, 0.2) is 29.3 Å². The Hall–Kier alpha value is -1.59. The number of anilines is 1. The van der Waals surface area contributed by atoms with Gasteiger partial charge in [-0.25, -0.2) is 4.79 Å². The Balaban J connectivity index is 1.76. The molecule has 1 saturated heterocycles. The monoisotopic (exact) mass is 279 g/mol. The maximum absolute atomic E-state index is 12.0. The van der Waals surface area contributed by atoms with Crippen molar-refractivity contribution in [3.8, 4) is 0 Å². The van der Waals surface area contributed by atoms with Crippen molar-refractivity contribution >= 4 is 29.2 Å². The zero-order valence-corrected chi connectivity index (χ0v) is 11.1. The van der Waals surface area contributed by atoms with Gasteiger partial charge in [0.05, 0.1) is 19.8 Å². The summed E-state index contributed by atoms with van der Waals surface area (Å²) < 4.78 is 5.30. The smallest absolute Gasteiger partial charge is 0.350 e. The van der Waals surface area contributed by atoms with Crippen molar-refractivity contribution in [3.05, 3.63) is 29.3 Å². The van der Waals surface area contributed by atoms with Gasteiger partial charge >= 0.3 is 6.03 Å². The fraction of sp³-hybridized carbons (Fsp3) is 0.385. The van der Waals surface area contributed by atoms with Crippen LogP contribution in [0.25, 0.3) is 0 Å². The Morgan fingerprint density at radius 2 is 2.05 bits per heavy atom. The van der Waals surface area contributed by atoms with Crippen LogP contribution in [-0.2, 0) is 4.74 Å². The molecular formula is C13H14ClN3O2. The normalized spacial score (nSPS) is 19.8. The van der Waals surface area contributed by atoms with Gasteiger partial charge in [0.2, 0.25) is 0 Å². The maximum Gasteiger partial charge on any atom is 0.350 e. The Labute approximate surface area is 116 Å². The molecule has 0 unspecified atom stereocenters. The average Bonchev–Trinajstić information content (AvgIpc) is 2.82. The highest BCUT2D eigenvalue weighted by molar-refractivity contribution is 6.31. The molecule has 6 heteroatoms. The summed E-state index contributed by atoms with van der Waals surface area (Å²) in [4.78, 5) is 19.8. The molecule has 19 heavy (non-hydrogen) atoms. The van der Waals surface area contributed by atoms with Gasteiger partial charge in [-0.05, 0) is 18.2 Å². The van der Waals surface area contributed by atoms with E-state index >= 15 is 0 Å². The second-order valence-electron chi connectivity index (χ2n) is 4.48. The van der Waals surface area contributed by atoms with Crippen LogP contribution in [0.1, 0.15) is 0 Å². The third-order valence-corrected chi connectivity index (χ3v) is 3.49. The molecule has 0 saturated carbocycles. The largest absolute Gasteiger partial charge is 0.378 e. The number of hydrogen-bond donors (Lipinski definition) is 0. The van der Waals surface area contributed by atoms with Crippen LogP contribution < -0.4 is 4.90 Å². The van der Waals surface area contributed by atoms with Gasteiger partial charge in [0, 0.05) is 23.8 Å². The Morgan fingerprint density at radius 3 is 2.79 bits per heavy atom. The SMILES string of the molecule is O=C1N=C(N2CCOCC2)CN1c1cccc(Cl)c1. The molecule has 0 spiro atoms. The summed E-state index contributed by atoms with van der Waals surface area (Å²) in [5.41, 5.74) is 0.782. The van der Waals surface area contributed by atoms with E-state index in [4.69, 9.17) is 16.3 Å². The van der Waals surface area contributed by atoms with Gasteiger partial charge in [0.15, 0.2) is 0 Å². The summed E-state index contributed by atoms with van der Waals surface area (Å²) in [6.07, 6.45) is 0. The van der Waals surface area contributed by atoms with Gasteiger partial charge in [0.25, 0.3) is 0 Å². The lowest BCUT2D eigenvalue weighted by Gasteiger charge is -2.28. The van der Waals surface area contributed by atoms with Crippen molar-refractivity contribution in [2.75, 3.05) is 37.7 Å². The molecule has 0 aromatic heterocycles. The quantitative estimate of drug-likeness (QED) is 0.790. The van der Waals surface area contributed by atoms with E-state index in [-0.39, 0.29) is 6.03 Å². The number of amidine groups is 1. The molecule has 2 amide bonds. The summed E-state index contributed by atoms with van der Waals surface area (Å²) in [7, 11) is 0. The van der Waals surface area contributed by atoms with Crippen LogP contribution in [0.4, 0.5) is 10.5 Å². The summed E-state index contributed by atoms with van der Waals surface area (Å²) in [6, 6.07) is 7.02. The van der Waals surface area contributed by atoms with Crippen molar-refractivity contribution in [2.24, 2.45) is 4.99 Å². The molecule has 0 aliphatic carbocycles. The number of nitrogens with zero attached hydrogens (tertiary/aromatic N) is 3. The van der Waals surface area contributed by atoms with E-state index < -0.39 is 0 Å². The van der Waals surface area contributed by atoms with E-state index in [1.165, 1.54) is 0 Å². The average molecular weight is 280 g/mol. The lowest BCUT2D eigenvalue weighted by atomic mass is 10.3. The van der Waals surface area contributed by atoms with Crippen LogP contribution >= 0.6 is 11.6 Å². The predicted molar refractivity (Wildman–Crippen MR) is 74.0 cm³/mol. The van der Waals surface area contributed by atoms with Gasteiger partial charge in [0.1, 0.15) is 5.84 Å². The minimum atomic E-state index is -0.233. The lowest BCUT2D eigenvalue weighted by molar-refractivity contribution is 0.0678. The number of aliphatic imine (C=N–C) groups is 1. The molecule has 100 valence electrons. The number of carbonyl (C=O) groups excluding carboxylic acids is 1. The second-order valence-corrected chi connectivity index (χ2v) is 4.91. The molecule has 5 nitrogen and oxygen atoms in total. The predicted octanol–water partition coefficient (Wildman–Crippen LogP) is 2.01. The van der Waals surface area contributed by atoms with Crippen molar-refractivity contribution in [2.45, 2.75) is 0 Å². The molecule has 0 N–H and O–H groups in total. The highest BCUT2D eigenvalue weighted by atomic mass is 35.5. The van der Waals surface area contributed by atoms with Crippen LogP contribution in [0.2, 0.25) is 5.02 Å². The number of amides is 2. The summed E-state index contributed by atoms with van der Waals surface area (Å²) in [5, 5.41) is 0.616. The van der Waals surface area contributed by atoms with E-state index in [0.29, 0.717) is 24.8 Å². The molecule has 0 radical (unpaired) electrons. The number of rotatable bonds is 1.